The van der Waals surface area contributed by atoms with Crippen LogP contribution in [0.25, 0.3) is 20.7 Å². The van der Waals surface area contributed by atoms with Crippen LogP contribution in [0.4, 0.5) is 4.39 Å². The second-order valence-corrected chi connectivity index (χ2v) is 8.84. The fourth-order valence-electron chi connectivity index (χ4n) is 3.14. The maximum Gasteiger partial charge on any atom is 0.260 e. The summed E-state index contributed by atoms with van der Waals surface area (Å²) in [5.41, 5.74) is 1.91. The van der Waals surface area contributed by atoms with Gasteiger partial charge >= 0.3 is 0 Å². The summed E-state index contributed by atoms with van der Waals surface area (Å²) in [5, 5.41) is 2.68. The van der Waals surface area contributed by atoms with Gasteiger partial charge in [0.2, 0.25) is 0 Å². The van der Waals surface area contributed by atoms with Crippen LogP contribution in [0.15, 0.2) is 46.6 Å². The molecule has 138 valence electrons. The van der Waals surface area contributed by atoms with E-state index in [0.717, 1.165) is 32.3 Å². The van der Waals surface area contributed by atoms with Crippen molar-refractivity contribution in [3.05, 3.63) is 74.2 Å². The van der Waals surface area contributed by atoms with Crippen molar-refractivity contribution in [3.63, 3.8) is 0 Å². The zero-order chi connectivity index (χ0) is 19.0. The quantitative estimate of drug-likeness (QED) is 0.540. The molecule has 1 atom stereocenters. The number of aryl methyl sites for hydroxylation is 1. The van der Waals surface area contributed by atoms with E-state index in [9.17, 15) is 9.18 Å². The molecule has 0 aliphatic heterocycles. The highest BCUT2D eigenvalue weighted by molar-refractivity contribution is 7.19. The number of nitrogens with zero attached hydrogens (tertiary/aromatic N) is 1. The topological polar surface area (TPSA) is 50.2 Å². The monoisotopic (exact) mass is 400 g/mol. The number of aromatic nitrogens is 2. The fraction of sp³-hybridized carbons (Fsp3) is 0.200. The summed E-state index contributed by atoms with van der Waals surface area (Å²) in [6.07, 6.45) is 0. The lowest BCUT2D eigenvalue weighted by Gasteiger charge is -2.13. The lowest BCUT2D eigenvalue weighted by molar-refractivity contribution is -0.908. The number of thiophene rings is 2. The highest BCUT2D eigenvalue weighted by atomic mass is 32.1. The third kappa shape index (κ3) is 3.85. The Balaban J connectivity index is 1.58. The molecule has 4 aromatic rings. The van der Waals surface area contributed by atoms with Gasteiger partial charge in [-0.3, -0.25) is 4.79 Å². The van der Waals surface area contributed by atoms with E-state index in [0.29, 0.717) is 17.8 Å². The van der Waals surface area contributed by atoms with E-state index in [4.69, 9.17) is 0 Å². The minimum absolute atomic E-state index is 0.0908. The Morgan fingerprint density at radius 3 is 2.63 bits per heavy atom. The lowest BCUT2D eigenvalue weighted by Crippen LogP contribution is -3.06. The minimum Gasteiger partial charge on any atom is -0.327 e. The first kappa shape index (κ1) is 18.0. The van der Waals surface area contributed by atoms with Crippen molar-refractivity contribution in [2.45, 2.75) is 20.0 Å². The van der Waals surface area contributed by atoms with E-state index in [1.165, 1.54) is 28.3 Å². The van der Waals surface area contributed by atoms with Gasteiger partial charge in [0, 0.05) is 26.3 Å². The molecule has 0 aliphatic carbocycles. The molecule has 3 aromatic heterocycles. The Morgan fingerprint density at radius 1 is 1.15 bits per heavy atom. The van der Waals surface area contributed by atoms with Crippen LogP contribution in [0.2, 0.25) is 0 Å². The van der Waals surface area contributed by atoms with E-state index in [2.05, 4.69) is 29.0 Å². The summed E-state index contributed by atoms with van der Waals surface area (Å²) < 4.78 is 13.0. The maximum absolute atomic E-state index is 13.0. The van der Waals surface area contributed by atoms with Gasteiger partial charge in [0.25, 0.3) is 5.56 Å². The number of rotatable bonds is 5. The van der Waals surface area contributed by atoms with Crippen molar-refractivity contribution >= 4 is 32.9 Å². The average Bonchev–Trinajstić information content (AvgIpc) is 3.23. The van der Waals surface area contributed by atoms with Crippen molar-refractivity contribution in [1.82, 2.24) is 9.97 Å². The lowest BCUT2D eigenvalue weighted by atomic mass is 10.2. The largest absolute Gasteiger partial charge is 0.327 e. The molecule has 0 spiro atoms. The molecule has 0 radical (unpaired) electrons. The summed E-state index contributed by atoms with van der Waals surface area (Å²) >= 11 is 3.19. The van der Waals surface area contributed by atoms with Gasteiger partial charge in [0.1, 0.15) is 23.7 Å². The fourth-order valence-corrected chi connectivity index (χ4v) is 5.06. The molecule has 0 saturated heterocycles. The van der Waals surface area contributed by atoms with Gasteiger partial charge in [0.15, 0.2) is 5.82 Å². The zero-order valence-corrected chi connectivity index (χ0v) is 16.6. The molecule has 0 bridgehead atoms. The molecule has 7 heteroatoms. The van der Waals surface area contributed by atoms with Crippen molar-refractivity contribution in [2.24, 2.45) is 0 Å². The molecule has 1 aromatic carbocycles. The molecular weight excluding hydrogens is 381 g/mol. The number of quaternary nitrogens is 1. The van der Waals surface area contributed by atoms with Gasteiger partial charge in [-0.2, -0.15) is 0 Å². The maximum atomic E-state index is 13.0. The van der Waals surface area contributed by atoms with Crippen LogP contribution < -0.4 is 10.5 Å². The van der Waals surface area contributed by atoms with Gasteiger partial charge in [-0.1, -0.05) is 12.1 Å². The number of benzene rings is 1. The number of hydrogen-bond donors (Lipinski definition) is 2. The van der Waals surface area contributed by atoms with Crippen LogP contribution in [-0.2, 0) is 13.1 Å². The molecule has 4 nitrogen and oxygen atoms in total. The normalized spacial score (nSPS) is 12.6. The van der Waals surface area contributed by atoms with E-state index in [-0.39, 0.29) is 11.4 Å². The predicted molar refractivity (Wildman–Crippen MR) is 109 cm³/mol. The van der Waals surface area contributed by atoms with Gasteiger partial charge in [-0.25, -0.2) is 9.37 Å². The summed E-state index contributed by atoms with van der Waals surface area (Å²) in [6, 6.07) is 10.6. The highest BCUT2D eigenvalue weighted by Crippen LogP contribution is 2.34. The average molecular weight is 401 g/mol. The zero-order valence-electron chi connectivity index (χ0n) is 15.0. The Kier molecular flexibility index (Phi) is 4.90. The summed E-state index contributed by atoms with van der Waals surface area (Å²) in [5.74, 6) is 0.435. The van der Waals surface area contributed by atoms with Gasteiger partial charge in [-0.05, 0) is 31.2 Å². The van der Waals surface area contributed by atoms with E-state index in [1.54, 1.807) is 23.5 Å². The molecule has 3 heterocycles. The first-order valence-corrected chi connectivity index (χ1v) is 10.3. The molecule has 4 rings (SSSR count). The first-order chi connectivity index (χ1) is 13.0. The Morgan fingerprint density at radius 2 is 1.93 bits per heavy atom. The van der Waals surface area contributed by atoms with Crippen LogP contribution in [0.5, 0.6) is 0 Å². The minimum atomic E-state index is -0.234. The molecule has 27 heavy (non-hydrogen) atoms. The number of H-pyrrole nitrogens is 1. The molecular formula is C20H19FN3OS2+. The van der Waals surface area contributed by atoms with Crippen LogP contribution in [0, 0.1) is 12.7 Å². The van der Waals surface area contributed by atoms with Crippen LogP contribution >= 0.6 is 22.7 Å². The number of nitrogens with one attached hydrogen (secondary N) is 2. The van der Waals surface area contributed by atoms with E-state index < -0.39 is 0 Å². The number of halogens is 1. The summed E-state index contributed by atoms with van der Waals surface area (Å²) in [7, 11) is 2.03. The van der Waals surface area contributed by atoms with Crippen LogP contribution in [0.3, 0.4) is 0 Å². The number of aromatic amines is 1. The summed E-state index contributed by atoms with van der Waals surface area (Å²) in [6.45, 7) is 3.38. The predicted octanol–water partition coefficient (Wildman–Crippen LogP) is 3.38. The molecule has 0 saturated carbocycles. The smallest absolute Gasteiger partial charge is 0.260 e. The number of hydrogen-bond acceptors (Lipinski definition) is 4. The van der Waals surface area contributed by atoms with Gasteiger partial charge in [-0.15, -0.1) is 22.7 Å². The molecule has 0 fully saturated rings. The Bertz CT molecular complexity index is 1140. The standard InChI is InChI=1S/C20H18FN3OS2/c1-12-3-8-16(27-12)15-11-26-20-18(15)19(25)22-17(23-20)10-24(2)9-13-4-6-14(21)7-5-13/h3-8,11H,9-10H2,1-2H3,(H,22,23,25)/p+1. The summed E-state index contributed by atoms with van der Waals surface area (Å²) in [4.78, 5) is 24.6. The third-order valence-corrected chi connectivity index (χ3v) is 6.29. The molecule has 0 amide bonds. The number of fused-ring (bicyclic) bond motifs is 1. The molecule has 0 aliphatic rings. The highest BCUT2D eigenvalue weighted by Gasteiger charge is 2.16. The SMILES string of the molecule is Cc1ccc(-c2csc3nc(C[NH+](C)Cc4ccc(F)cc4)[nH]c(=O)c23)s1. The van der Waals surface area contributed by atoms with Crippen molar-refractivity contribution < 1.29 is 9.29 Å². The van der Waals surface area contributed by atoms with Gasteiger partial charge in [0.05, 0.1) is 12.4 Å². The van der Waals surface area contributed by atoms with Crippen LogP contribution in [0.1, 0.15) is 16.3 Å². The van der Waals surface area contributed by atoms with E-state index >= 15 is 0 Å². The van der Waals surface area contributed by atoms with Crippen molar-refractivity contribution in [2.75, 3.05) is 7.05 Å². The first-order valence-electron chi connectivity index (χ1n) is 8.62. The Labute approximate surface area is 163 Å². The molecule has 1 unspecified atom stereocenters. The Hall–Kier alpha value is -2.35. The second-order valence-electron chi connectivity index (χ2n) is 6.69. The van der Waals surface area contributed by atoms with Crippen molar-refractivity contribution in [3.8, 4) is 10.4 Å². The molecule has 2 N–H and O–H groups in total. The third-order valence-electron chi connectivity index (χ3n) is 4.39. The van der Waals surface area contributed by atoms with Gasteiger partial charge < -0.3 is 9.88 Å². The van der Waals surface area contributed by atoms with E-state index in [1.807, 2.05) is 12.4 Å². The second kappa shape index (κ2) is 7.34. The van der Waals surface area contributed by atoms with Crippen molar-refractivity contribution in [1.29, 1.82) is 0 Å². The van der Waals surface area contributed by atoms with Crippen LogP contribution in [-0.4, -0.2) is 17.0 Å².